The summed E-state index contributed by atoms with van der Waals surface area (Å²) in [6.45, 7) is 0.402. The van der Waals surface area contributed by atoms with E-state index < -0.39 is 12.8 Å². The summed E-state index contributed by atoms with van der Waals surface area (Å²) < 4.78 is 50.5. The summed E-state index contributed by atoms with van der Waals surface area (Å²) >= 11 is 0. The van der Waals surface area contributed by atoms with Gasteiger partial charge in [-0.3, -0.25) is 0 Å². The lowest BCUT2D eigenvalue weighted by atomic mass is 10.1. The van der Waals surface area contributed by atoms with Crippen molar-refractivity contribution in [3.05, 3.63) is 23.8 Å². The summed E-state index contributed by atoms with van der Waals surface area (Å²) in [5.74, 6) is 0.920. The predicted octanol–water partition coefficient (Wildman–Crippen LogP) is 2.67. The van der Waals surface area contributed by atoms with Crippen LogP contribution in [0.2, 0.25) is 0 Å². The predicted molar refractivity (Wildman–Crippen MR) is 68.0 cm³/mol. The summed E-state index contributed by atoms with van der Waals surface area (Å²) in [5, 5.41) is 0. The van der Waals surface area contributed by atoms with E-state index >= 15 is 0 Å². The Balaban J connectivity index is 2.47. The smallest absolute Gasteiger partial charge is 0.411 e. The lowest BCUT2D eigenvalue weighted by Crippen LogP contribution is -2.19. The van der Waals surface area contributed by atoms with Crippen LogP contribution in [0.4, 0.5) is 13.2 Å². The molecule has 0 saturated carbocycles. The molecule has 1 rings (SSSR count). The van der Waals surface area contributed by atoms with Crippen molar-refractivity contribution in [1.29, 1.82) is 0 Å². The van der Waals surface area contributed by atoms with Crippen molar-refractivity contribution in [3.8, 4) is 11.5 Å². The van der Waals surface area contributed by atoms with E-state index in [0.29, 0.717) is 11.5 Å². The second-order valence-corrected chi connectivity index (χ2v) is 4.22. The maximum atomic E-state index is 11.8. The molecule has 1 atom stereocenters. The highest BCUT2D eigenvalue weighted by molar-refractivity contribution is 5.43. The monoisotopic (exact) mass is 293 g/mol. The minimum atomic E-state index is -4.32. The molecule has 4 nitrogen and oxygen atoms in total. The van der Waals surface area contributed by atoms with E-state index in [1.165, 1.54) is 7.11 Å². The molecule has 0 unspecified atom stereocenters. The molecule has 1 aromatic carbocycles. The minimum Gasteiger partial charge on any atom is -0.493 e. The summed E-state index contributed by atoms with van der Waals surface area (Å²) in [7, 11) is 1.48. The first kappa shape index (κ1) is 16.6. The molecule has 1 aromatic rings. The largest absolute Gasteiger partial charge is 0.493 e. The second-order valence-electron chi connectivity index (χ2n) is 4.22. The number of methoxy groups -OCH3 is 1. The Morgan fingerprint density at radius 2 is 1.90 bits per heavy atom. The highest BCUT2D eigenvalue weighted by Crippen LogP contribution is 2.29. The normalized spacial score (nSPS) is 13.1. The lowest BCUT2D eigenvalue weighted by molar-refractivity contribution is -0.175. The Labute approximate surface area is 115 Å². The number of halogens is 3. The van der Waals surface area contributed by atoms with Crippen LogP contribution in [0, 0.1) is 0 Å². The zero-order valence-electron chi connectivity index (χ0n) is 11.4. The Morgan fingerprint density at radius 3 is 2.45 bits per heavy atom. The molecule has 0 saturated heterocycles. The average Bonchev–Trinajstić information content (AvgIpc) is 2.36. The number of hydrogen-bond acceptors (Lipinski definition) is 4. The molecular formula is C13H18F3NO3. The third kappa shape index (κ3) is 5.66. The highest BCUT2D eigenvalue weighted by Gasteiger charge is 2.27. The zero-order valence-corrected chi connectivity index (χ0v) is 11.4. The first-order chi connectivity index (χ1) is 9.33. The van der Waals surface area contributed by atoms with Crippen LogP contribution in [0.15, 0.2) is 18.2 Å². The van der Waals surface area contributed by atoms with Crippen molar-refractivity contribution >= 4 is 0 Å². The van der Waals surface area contributed by atoms with Crippen LogP contribution in [0.3, 0.4) is 0 Å². The molecule has 0 aliphatic rings. The van der Waals surface area contributed by atoms with Crippen molar-refractivity contribution in [2.75, 3.05) is 26.9 Å². The van der Waals surface area contributed by atoms with Gasteiger partial charge in [0.25, 0.3) is 0 Å². The van der Waals surface area contributed by atoms with Crippen LogP contribution in [0.1, 0.15) is 18.5 Å². The minimum absolute atomic E-state index is 0.00393. The van der Waals surface area contributed by atoms with E-state index in [9.17, 15) is 13.2 Å². The van der Waals surface area contributed by atoms with E-state index in [2.05, 4.69) is 4.74 Å². The molecule has 0 bridgehead atoms. The maximum Gasteiger partial charge on any atom is 0.411 e. The first-order valence-electron chi connectivity index (χ1n) is 6.04. The topological polar surface area (TPSA) is 53.7 Å². The molecule has 114 valence electrons. The molecule has 20 heavy (non-hydrogen) atoms. The fourth-order valence-corrected chi connectivity index (χ4v) is 1.49. The van der Waals surface area contributed by atoms with E-state index in [1.54, 1.807) is 18.2 Å². The van der Waals surface area contributed by atoms with Gasteiger partial charge in [0.1, 0.15) is 13.2 Å². The molecule has 0 heterocycles. The molecule has 0 fully saturated rings. The SMILES string of the molecule is COc1cc([C@@H](C)N)ccc1OCCOCC(F)(F)F. The summed E-state index contributed by atoms with van der Waals surface area (Å²) in [6, 6.07) is 5.03. The van der Waals surface area contributed by atoms with Gasteiger partial charge in [0.2, 0.25) is 0 Å². The van der Waals surface area contributed by atoms with Crippen molar-refractivity contribution < 1.29 is 27.4 Å². The number of nitrogens with two attached hydrogens (primary N) is 1. The van der Waals surface area contributed by atoms with Gasteiger partial charge in [0.05, 0.1) is 13.7 Å². The van der Waals surface area contributed by atoms with Gasteiger partial charge < -0.3 is 19.9 Å². The van der Waals surface area contributed by atoms with Crippen LogP contribution in [0.25, 0.3) is 0 Å². The molecular weight excluding hydrogens is 275 g/mol. The Bertz CT molecular complexity index is 422. The van der Waals surface area contributed by atoms with E-state index in [4.69, 9.17) is 15.2 Å². The number of ether oxygens (including phenoxy) is 3. The Morgan fingerprint density at radius 1 is 1.20 bits per heavy atom. The maximum absolute atomic E-state index is 11.8. The fraction of sp³-hybridized carbons (Fsp3) is 0.538. The first-order valence-corrected chi connectivity index (χ1v) is 6.04. The third-order valence-electron chi connectivity index (χ3n) is 2.46. The van der Waals surface area contributed by atoms with Crippen molar-refractivity contribution in [2.24, 2.45) is 5.73 Å². The van der Waals surface area contributed by atoms with Gasteiger partial charge in [-0.1, -0.05) is 6.07 Å². The van der Waals surface area contributed by atoms with Crippen LogP contribution < -0.4 is 15.2 Å². The molecule has 7 heteroatoms. The molecule has 0 amide bonds. The number of benzene rings is 1. The van der Waals surface area contributed by atoms with E-state index in [1.807, 2.05) is 6.92 Å². The van der Waals surface area contributed by atoms with E-state index in [-0.39, 0.29) is 19.3 Å². The van der Waals surface area contributed by atoms with E-state index in [0.717, 1.165) is 5.56 Å². The highest BCUT2D eigenvalue weighted by atomic mass is 19.4. The van der Waals surface area contributed by atoms with Crippen LogP contribution in [0.5, 0.6) is 11.5 Å². The standard InChI is InChI=1S/C13H18F3NO3/c1-9(17)10-3-4-11(12(7-10)18-2)20-6-5-19-8-13(14,15)16/h3-4,7,9H,5-6,8,17H2,1-2H3/t9-/m1/s1. The summed E-state index contributed by atoms with van der Waals surface area (Å²) in [4.78, 5) is 0. The zero-order chi connectivity index (χ0) is 15.2. The average molecular weight is 293 g/mol. The van der Waals surface area contributed by atoms with Crippen molar-refractivity contribution in [3.63, 3.8) is 0 Å². The van der Waals surface area contributed by atoms with Crippen LogP contribution >= 0.6 is 0 Å². The lowest BCUT2D eigenvalue weighted by Gasteiger charge is -2.14. The van der Waals surface area contributed by atoms with Crippen molar-refractivity contribution in [2.45, 2.75) is 19.1 Å². The number of alkyl halides is 3. The molecule has 0 aromatic heterocycles. The molecule has 0 aliphatic heterocycles. The van der Waals surface area contributed by atoms with Gasteiger partial charge in [0.15, 0.2) is 11.5 Å². The van der Waals surface area contributed by atoms with Gasteiger partial charge >= 0.3 is 6.18 Å². The molecule has 0 aliphatic carbocycles. The second kappa shape index (κ2) is 7.35. The van der Waals surface area contributed by atoms with Gasteiger partial charge in [0, 0.05) is 6.04 Å². The Hall–Kier alpha value is -1.47. The van der Waals surface area contributed by atoms with Gasteiger partial charge in [-0.2, -0.15) is 13.2 Å². The fourth-order valence-electron chi connectivity index (χ4n) is 1.49. The van der Waals surface area contributed by atoms with Crippen LogP contribution in [-0.2, 0) is 4.74 Å². The molecule has 0 spiro atoms. The summed E-state index contributed by atoms with van der Waals surface area (Å²) in [6.07, 6.45) is -4.32. The number of hydrogen-bond donors (Lipinski definition) is 1. The van der Waals surface area contributed by atoms with Crippen molar-refractivity contribution in [1.82, 2.24) is 0 Å². The van der Waals surface area contributed by atoms with Gasteiger partial charge in [-0.05, 0) is 24.6 Å². The molecule has 0 radical (unpaired) electrons. The quantitative estimate of drug-likeness (QED) is 0.785. The summed E-state index contributed by atoms with van der Waals surface area (Å²) in [5.41, 5.74) is 6.62. The van der Waals surface area contributed by atoms with Gasteiger partial charge in [-0.25, -0.2) is 0 Å². The third-order valence-corrected chi connectivity index (χ3v) is 2.46. The Kier molecular flexibility index (Phi) is 6.09. The number of rotatable bonds is 7. The molecule has 2 N–H and O–H groups in total. The van der Waals surface area contributed by atoms with Gasteiger partial charge in [-0.15, -0.1) is 0 Å². The van der Waals surface area contributed by atoms with Crippen LogP contribution in [-0.4, -0.2) is 33.1 Å².